The summed E-state index contributed by atoms with van der Waals surface area (Å²) >= 11 is 0. The first kappa shape index (κ1) is 13.5. The van der Waals surface area contributed by atoms with Gasteiger partial charge in [0.2, 0.25) is 0 Å². The number of nitrogens with zero attached hydrogens (tertiary/aromatic N) is 5. The molecule has 0 amide bonds. The Labute approximate surface area is 131 Å². The topological polar surface area (TPSA) is 93.5 Å². The van der Waals surface area contributed by atoms with E-state index in [0.717, 1.165) is 33.8 Å². The summed E-state index contributed by atoms with van der Waals surface area (Å²) in [6, 6.07) is 5.86. The molecule has 0 saturated carbocycles. The zero-order chi connectivity index (χ0) is 15.8. The second-order valence-corrected chi connectivity index (χ2v) is 5.15. The molecule has 4 aromatic rings. The highest BCUT2D eigenvalue weighted by atomic mass is 16.5. The van der Waals surface area contributed by atoms with Crippen molar-refractivity contribution >= 4 is 27.9 Å². The van der Waals surface area contributed by atoms with Crippen LogP contribution in [0.1, 0.15) is 5.82 Å². The van der Waals surface area contributed by atoms with Crippen LogP contribution in [0, 0.1) is 0 Å². The number of methoxy groups -OCH3 is 1. The van der Waals surface area contributed by atoms with E-state index in [1.807, 2.05) is 25.2 Å². The first-order chi connectivity index (χ1) is 11.3. The Kier molecular flexibility index (Phi) is 3.07. The van der Waals surface area contributed by atoms with Crippen LogP contribution in [-0.2, 0) is 13.6 Å². The van der Waals surface area contributed by atoms with E-state index >= 15 is 0 Å². The quantitative estimate of drug-likeness (QED) is 0.597. The molecular formula is C15H15N7O. The van der Waals surface area contributed by atoms with Crippen LogP contribution < -0.4 is 10.1 Å². The van der Waals surface area contributed by atoms with Gasteiger partial charge in [-0.1, -0.05) is 0 Å². The van der Waals surface area contributed by atoms with E-state index in [1.165, 1.54) is 6.33 Å². The zero-order valence-corrected chi connectivity index (χ0v) is 12.7. The van der Waals surface area contributed by atoms with Crippen molar-refractivity contribution < 1.29 is 4.74 Å². The first-order valence-corrected chi connectivity index (χ1v) is 7.13. The van der Waals surface area contributed by atoms with E-state index in [1.54, 1.807) is 13.3 Å². The molecule has 8 heteroatoms. The number of hydrogen-bond acceptors (Lipinski definition) is 6. The van der Waals surface area contributed by atoms with E-state index in [2.05, 4.69) is 35.0 Å². The molecule has 0 bridgehead atoms. The molecule has 0 aliphatic rings. The minimum absolute atomic E-state index is 0.546. The van der Waals surface area contributed by atoms with Gasteiger partial charge in [0.05, 0.1) is 36.3 Å². The Morgan fingerprint density at radius 1 is 1.30 bits per heavy atom. The van der Waals surface area contributed by atoms with Gasteiger partial charge in [-0.15, -0.1) is 0 Å². The SMILES string of the molecule is COc1ccc2c(c1)nc(CNc1ncnc3[nH]ncc13)n2C. The van der Waals surface area contributed by atoms with Gasteiger partial charge >= 0.3 is 0 Å². The number of aryl methyl sites for hydroxylation is 1. The molecule has 0 aliphatic carbocycles. The number of aromatic amines is 1. The second-order valence-electron chi connectivity index (χ2n) is 5.15. The van der Waals surface area contributed by atoms with E-state index in [9.17, 15) is 0 Å². The minimum Gasteiger partial charge on any atom is -0.497 e. The largest absolute Gasteiger partial charge is 0.497 e. The first-order valence-electron chi connectivity index (χ1n) is 7.13. The zero-order valence-electron chi connectivity index (χ0n) is 12.7. The third-order valence-electron chi connectivity index (χ3n) is 3.84. The van der Waals surface area contributed by atoms with E-state index in [-0.39, 0.29) is 0 Å². The van der Waals surface area contributed by atoms with Gasteiger partial charge in [-0.3, -0.25) is 5.10 Å². The summed E-state index contributed by atoms with van der Waals surface area (Å²) in [6.07, 6.45) is 3.21. The number of anilines is 1. The molecule has 8 nitrogen and oxygen atoms in total. The number of rotatable bonds is 4. The standard InChI is InChI=1S/C15H15N7O/c1-22-12-4-3-9(23-2)5-11(12)20-13(22)7-16-14-10-6-19-21-15(10)18-8-17-14/h3-6,8H,7H2,1-2H3,(H2,16,17,18,19,21). The van der Waals surface area contributed by atoms with Gasteiger partial charge in [-0.2, -0.15) is 5.10 Å². The highest BCUT2D eigenvalue weighted by molar-refractivity contribution is 5.85. The summed E-state index contributed by atoms with van der Waals surface area (Å²) in [7, 11) is 3.64. The second kappa shape index (κ2) is 5.24. The molecule has 0 radical (unpaired) electrons. The van der Waals surface area contributed by atoms with Crippen molar-refractivity contribution in [2.45, 2.75) is 6.54 Å². The fraction of sp³-hybridized carbons (Fsp3) is 0.200. The predicted molar refractivity (Wildman–Crippen MR) is 86.3 cm³/mol. The minimum atomic E-state index is 0.546. The van der Waals surface area contributed by atoms with Crippen molar-refractivity contribution in [3.05, 3.63) is 36.5 Å². The Morgan fingerprint density at radius 2 is 2.22 bits per heavy atom. The maximum absolute atomic E-state index is 5.25. The summed E-state index contributed by atoms with van der Waals surface area (Å²) < 4.78 is 7.30. The van der Waals surface area contributed by atoms with Gasteiger partial charge in [-0.05, 0) is 12.1 Å². The highest BCUT2D eigenvalue weighted by Crippen LogP contribution is 2.22. The van der Waals surface area contributed by atoms with E-state index in [4.69, 9.17) is 4.74 Å². The Balaban J connectivity index is 1.65. The third-order valence-corrected chi connectivity index (χ3v) is 3.84. The number of fused-ring (bicyclic) bond motifs is 2. The predicted octanol–water partition coefficient (Wildman–Crippen LogP) is 1.86. The van der Waals surface area contributed by atoms with Crippen LogP contribution in [0.3, 0.4) is 0 Å². The number of benzene rings is 1. The number of H-pyrrole nitrogens is 1. The average molecular weight is 309 g/mol. The lowest BCUT2D eigenvalue weighted by Gasteiger charge is -2.06. The molecule has 2 N–H and O–H groups in total. The maximum Gasteiger partial charge on any atom is 0.160 e. The lowest BCUT2D eigenvalue weighted by molar-refractivity contribution is 0.415. The molecule has 1 aromatic carbocycles. The van der Waals surface area contributed by atoms with Crippen LogP contribution in [-0.4, -0.2) is 36.8 Å². The third kappa shape index (κ3) is 2.24. The van der Waals surface area contributed by atoms with Gasteiger partial charge < -0.3 is 14.6 Å². The summed E-state index contributed by atoms with van der Waals surface area (Å²) in [5.74, 6) is 2.43. The van der Waals surface area contributed by atoms with Gasteiger partial charge in [0.25, 0.3) is 0 Å². The van der Waals surface area contributed by atoms with Crippen molar-refractivity contribution in [2.24, 2.45) is 7.05 Å². The molecule has 23 heavy (non-hydrogen) atoms. The van der Waals surface area contributed by atoms with Crippen molar-refractivity contribution in [1.29, 1.82) is 0 Å². The van der Waals surface area contributed by atoms with Crippen LogP contribution in [0.2, 0.25) is 0 Å². The van der Waals surface area contributed by atoms with Gasteiger partial charge in [0, 0.05) is 13.1 Å². The molecule has 116 valence electrons. The molecule has 0 fully saturated rings. The molecule has 0 saturated heterocycles. The highest BCUT2D eigenvalue weighted by Gasteiger charge is 2.10. The summed E-state index contributed by atoms with van der Waals surface area (Å²) in [4.78, 5) is 13.0. The lowest BCUT2D eigenvalue weighted by atomic mass is 10.3. The molecule has 3 aromatic heterocycles. The van der Waals surface area contributed by atoms with Crippen molar-refractivity contribution in [2.75, 3.05) is 12.4 Å². The normalized spacial score (nSPS) is 11.2. The maximum atomic E-state index is 5.25. The van der Waals surface area contributed by atoms with Crippen LogP contribution in [0.25, 0.3) is 22.1 Å². The molecular weight excluding hydrogens is 294 g/mol. The molecule has 0 spiro atoms. The molecule has 4 rings (SSSR count). The Hall–Kier alpha value is -3.16. The Bertz CT molecular complexity index is 988. The van der Waals surface area contributed by atoms with Crippen LogP contribution in [0.5, 0.6) is 5.75 Å². The summed E-state index contributed by atoms with van der Waals surface area (Å²) in [5.41, 5.74) is 2.66. The molecule has 0 atom stereocenters. The van der Waals surface area contributed by atoms with Crippen LogP contribution in [0.4, 0.5) is 5.82 Å². The molecule has 0 aliphatic heterocycles. The fourth-order valence-electron chi connectivity index (χ4n) is 2.58. The van der Waals surface area contributed by atoms with Gasteiger partial charge in [-0.25, -0.2) is 15.0 Å². The Morgan fingerprint density at radius 3 is 3.09 bits per heavy atom. The number of hydrogen-bond donors (Lipinski definition) is 2. The summed E-state index contributed by atoms with van der Waals surface area (Å²) in [6.45, 7) is 0.546. The molecule has 0 unspecified atom stereocenters. The van der Waals surface area contributed by atoms with E-state index in [0.29, 0.717) is 12.2 Å². The van der Waals surface area contributed by atoms with Crippen molar-refractivity contribution in [3.8, 4) is 5.75 Å². The van der Waals surface area contributed by atoms with Gasteiger partial charge in [0.15, 0.2) is 5.65 Å². The number of imidazole rings is 1. The number of nitrogens with one attached hydrogen (secondary N) is 2. The van der Waals surface area contributed by atoms with Gasteiger partial charge in [0.1, 0.15) is 23.7 Å². The number of aromatic nitrogens is 6. The molecule has 3 heterocycles. The number of ether oxygens (including phenoxy) is 1. The summed E-state index contributed by atoms with van der Waals surface area (Å²) in [5, 5.41) is 11.0. The van der Waals surface area contributed by atoms with Crippen LogP contribution >= 0.6 is 0 Å². The van der Waals surface area contributed by atoms with Crippen LogP contribution in [0.15, 0.2) is 30.7 Å². The van der Waals surface area contributed by atoms with E-state index < -0.39 is 0 Å². The van der Waals surface area contributed by atoms with Crippen molar-refractivity contribution in [3.63, 3.8) is 0 Å². The fourth-order valence-corrected chi connectivity index (χ4v) is 2.58. The lowest BCUT2D eigenvalue weighted by Crippen LogP contribution is -2.07. The van der Waals surface area contributed by atoms with Crippen molar-refractivity contribution in [1.82, 2.24) is 29.7 Å². The average Bonchev–Trinajstić information content (AvgIpc) is 3.17. The smallest absolute Gasteiger partial charge is 0.160 e. The monoisotopic (exact) mass is 309 g/mol.